The molecule has 1 aliphatic rings. The molecule has 1 N–H and O–H groups in total. The van der Waals surface area contributed by atoms with Crippen molar-refractivity contribution in [3.8, 4) is 0 Å². The van der Waals surface area contributed by atoms with Crippen molar-refractivity contribution >= 4 is 17.7 Å². The molecule has 3 nitrogen and oxygen atoms in total. The van der Waals surface area contributed by atoms with Gasteiger partial charge in [0.25, 0.3) is 0 Å². The Kier molecular flexibility index (Phi) is 4.26. The monoisotopic (exact) mass is 217 g/mol. The zero-order chi connectivity index (χ0) is 10.6. The highest BCUT2D eigenvalue weighted by Crippen LogP contribution is 2.34. The lowest BCUT2D eigenvalue weighted by Crippen LogP contribution is -2.59. The molecule has 0 amide bonds. The van der Waals surface area contributed by atoms with Crippen LogP contribution in [0.2, 0.25) is 0 Å². The van der Waals surface area contributed by atoms with E-state index in [0.29, 0.717) is 11.9 Å². The highest BCUT2D eigenvalue weighted by Gasteiger charge is 2.45. The van der Waals surface area contributed by atoms with Crippen LogP contribution in [0.1, 0.15) is 26.7 Å². The van der Waals surface area contributed by atoms with Crippen LogP contribution in [0.4, 0.5) is 0 Å². The summed E-state index contributed by atoms with van der Waals surface area (Å²) in [7, 11) is 1.85. The Morgan fingerprint density at radius 2 is 2.43 bits per heavy atom. The molecule has 0 aromatic rings. The molecule has 2 atom stereocenters. The number of ether oxygens (including phenoxy) is 1. The first-order valence-electron chi connectivity index (χ1n) is 5.15. The fraction of sp³-hybridized carbons (Fsp3) is 0.900. The minimum atomic E-state index is -0.459. The molecule has 14 heavy (non-hydrogen) atoms. The van der Waals surface area contributed by atoms with Gasteiger partial charge < -0.3 is 10.1 Å². The van der Waals surface area contributed by atoms with E-state index in [1.807, 2.05) is 25.7 Å². The number of carbonyl (C=O) groups excluding carboxylic acids is 1. The Hall–Kier alpha value is -0.220. The van der Waals surface area contributed by atoms with E-state index in [-0.39, 0.29) is 5.97 Å². The van der Waals surface area contributed by atoms with Crippen molar-refractivity contribution in [1.29, 1.82) is 0 Å². The second-order valence-corrected chi connectivity index (χ2v) is 5.01. The van der Waals surface area contributed by atoms with E-state index in [2.05, 4.69) is 12.2 Å². The molecule has 0 aromatic carbocycles. The molecule has 0 spiro atoms. The molecule has 82 valence electrons. The summed E-state index contributed by atoms with van der Waals surface area (Å²) in [4.78, 5) is 11.9. The molecule has 0 saturated carbocycles. The molecule has 1 rings (SSSR count). The van der Waals surface area contributed by atoms with Crippen LogP contribution in [0.5, 0.6) is 0 Å². The predicted molar refractivity (Wildman–Crippen MR) is 59.6 cm³/mol. The van der Waals surface area contributed by atoms with Crippen molar-refractivity contribution < 1.29 is 9.53 Å². The van der Waals surface area contributed by atoms with E-state index in [0.717, 1.165) is 18.6 Å². The number of hydrogen-bond donors (Lipinski definition) is 1. The molecule has 1 fully saturated rings. The first-order valence-corrected chi connectivity index (χ1v) is 6.20. The molecule has 0 aromatic heterocycles. The van der Waals surface area contributed by atoms with Crippen LogP contribution in [0.15, 0.2) is 0 Å². The van der Waals surface area contributed by atoms with Gasteiger partial charge in [-0.3, -0.25) is 4.79 Å². The maximum atomic E-state index is 11.9. The number of thioether (sulfide) groups is 1. The molecular formula is C10H19NO2S. The Labute approximate surface area is 90.0 Å². The van der Waals surface area contributed by atoms with Gasteiger partial charge >= 0.3 is 5.97 Å². The van der Waals surface area contributed by atoms with Crippen LogP contribution >= 0.6 is 11.8 Å². The average molecular weight is 217 g/mol. The van der Waals surface area contributed by atoms with Gasteiger partial charge in [-0.05, 0) is 32.6 Å². The van der Waals surface area contributed by atoms with Gasteiger partial charge in [-0.15, -0.1) is 0 Å². The summed E-state index contributed by atoms with van der Waals surface area (Å²) in [6.07, 6.45) is 1.96. The van der Waals surface area contributed by atoms with Crippen molar-refractivity contribution in [3.05, 3.63) is 0 Å². The van der Waals surface area contributed by atoms with Crippen molar-refractivity contribution in [3.63, 3.8) is 0 Å². The highest BCUT2D eigenvalue weighted by atomic mass is 32.2. The van der Waals surface area contributed by atoms with E-state index in [1.165, 1.54) is 0 Å². The number of hydrogen-bond acceptors (Lipinski definition) is 4. The summed E-state index contributed by atoms with van der Waals surface area (Å²) >= 11 is 1.84. The minimum Gasteiger partial charge on any atom is -0.465 e. The largest absolute Gasteiger partial charge is 0.465 e. The summed E-state index contributed by atoms with van der Waals surface area (Å²) < 4.78 is 5.13. The maximum absolute atomic E-state index is 11.9. The second kappa shape index (κ2) is 5.03. The lowest BCUT2D eigenvalue weighted by Gasteiger charge is -2.39. The highest BCUT2D eigenvalue weighted by molar-refractivity contribution is 8.00. The number of nitrogens with one attached hydrogen (secondary N) is 1. The minimum absolute atomic E-state index is 0.0952. The summed E-state index contributed by atoms with van der Waals surface area (Å²) in [5.41, 5.74) is -0.459. The van der Waals surface area contributed by atoms with Crippen molar-refractivity contribution in [2.75, 3.05) is 19.4 Å². The van der Waals surface area contributed by atoms with E-state index >= 15 is 0 Å². The van der Waals surface area contributed by atoms with Crippen LogP contribution in [0, 0.1) is 0 Å². The van der Waals surface area contributed by atoms with Crippen molar-refractivity contribution in [2.24, 2.45) is 0 Å². The van der Waals surface area contributed by atoms with Gasteiger partial charge in [-0.1, -0.05) is 6.92 Å². The zero-order valence-electron chi connectivity index (χ0n) is 9.13. The molecule has 1 aliphatic heterocycles. The standard InChI is InChI=1S/C10H19NO2S/c1-4-13-9(12)10(11-3)6-5-7-14-8(10)2/h8,11H,4-7H2,1-3H3. The third-order valence-electron chi connectivity index (χ3n) is 2.86. The normalized spacial score (nSPS) is 32.6. The molecule has 4 heteroatoms. The van der Waals surface area contributed by atoms with Crippen LogP contribution in [-0.4, -0.2) is 36.2 Å². The lowest BCUT2D eigenvalue weighted by atomic mass is 9.90. The first-order chi connectivity index (χ1) is 6.67. The summed E-state index contributed by atoms with van der Waals surface area (Å²) in [5.74, 6) is 1.05. The average Bonchev–Trinajstić information content (AvgIpc) is 2.19. The van der Waals surface area contributed by atoms with Crippen LogP contribution in [-0.2, 0) is 9.53 Å². The Balaban J connectivity index is 2.76. The number of carbonyl (C=O) groups is 1. The van der Waals surface area contributed by atoms with Gasteiger partial charge in [0.05, 0.1) is 6.61 Å². The molecule has 0 aliphatic carbocycles. The lowest BCUT2D eigenvalue weighted by molar-refractivity contribution is -0.151. The van der Waals surface area contributed by atoms with Gasteiger partial charge in [-0.2, -0.15) is 11.8 Å². The Morgan fingerprint density at radius 1 is 1.71 bits per heavy atom. The molecule has 1 heterocycles. The molecular weight excluding hydrogens is 198 g/mol. The van der Waals surface area contributed by atoms with Gasteiger partial charge in [0, 0.05) is 5.25 Å². The molecule has 1 saturated heterocycles. The van der Waals surface area contributed by atoms with Gasteiger partial charge in [0.15, 0.2) is 0 Å². The third kappa shape index (κ3) is 2.06. The maximum Gasteiger partial charge on any atom is 0.327 e. The van der Waals surface area contributed by atoms with Crippen LogP contribution in [0.3, 0.4) is 0 Å². The van der Waals surface area contributed by atoms with Crippen molar-refractivity contribution in [1.82, 2.24) is 5.32 Å². The smallest absolute Gasteiger partial charge is 0.327 e. The molecule has 0 radical (unpaired) electrons. The quantitative estimate of drug-likeness (QED) is 0.726. The van der Waals surface area contributed by atoms with E-state index in [1.54, 1.807) is 0 Å². The summed E-state index contributed by atoms with van der Waals surface area (Å²) in [5, 5.41) is 3.45. The molecule has 2 unspecified atom stereocenters. The van der Waals surface area contributed by atoms with Crippen LogP contribution in [0.25, 0.3) is 0 Å². The summed E-state index contributed by atoms with van der Waals surface area (Å²) in [6, 6.07) is 0. The third-order valence-corrected chi connectivity index (χ3v) is 4.29. The zero-order valence-corrected chi connectivity index (χ0v) is 9.95. The van der Waals surface area contributed by atoms with E-state index < -0.39 is 5.54 Å². The van der Waals surface area contributed by atoms with Crippen LogP contribution < -0.4 is 5.32 Å². The van der Waals surface area contributed by atoms with E-state index in [9.17, 15) is 4.79 Å². The number of rotatable bonds is 3. The molecule has 0 bridgehead atoms. The fourth-order valence-electron chi connectivity index (χ4n) is 1.91. The fourth-order valence-corrected chi connectivity index (χ4v) is 3.20. The number of esters is 1. The summed E-state index contributed by atoms with van der Waals surface area (Å²) in [6.45, 7) is 4.40. The van der Waals surface area contributed by atoms with Gasteiger partial charge in [-0.25, -0.2) is 0 Å². The van der Waals surface area contributed by atoms with Gasteiger partial charge in [0.1, 0.15) is 5.54 Å². The Morgan fingerprint density at radius 3 is 2.93 bits per heavy atom. The van der Waals surface area contributed by atoms with Gasteiger partial charge in [0.2, 0.25) is 0 Å². The second-order valence-electron chi connectivity index (χ2n) is 3.56. The van der Waals surface area contributed by atoms with E-state index in [4.69, 9.17) is 4.74 Å². The SMILES string of the molecule is CCOC(=O)C1(NC)CCCSC1C. The number of likely N-dealkylation sites (N-methyl/N-ethyl adjacent to an activating group) is 1. The Bertz CT molecular complexity index is 210. The van der Waals surface area contributed by atoms with Crippen molar-refractivity contribution in [2.45, 2.75) is 37.5 Å². The predicted octanol–water partition coefficient (Wildman–Crippen LogP) is 1.42. The topological polar surface area (TPSA) is 38.3 Å². The first kappa shape index (κ1) is 11.9.